The average molecular weight is 278 g/mol. The van der Waals surface area contributed by atoms with Crippen LogP contribution < -0.4 is 0 Å². The molecule has 0 saturated carbocycles. The van der Waals surface area contributed by atoms with E-state index in [1.165, 1.54) is 5.56 Å². The van der Waals surface area contributed by atoms with E-state index in [1.54, 1.807) is 0 Å². The number of hydrogen-bond donors (Lipinski definition) is 1. The van der Waals surface area contributed by atoms with Crippen molar-refractivity contribution >= 4 is 0 Å². The second kappa shape index (κ2) is 4.66. The topological polar surface area (TPSA) is 20.2 Å². The summed E-state index contributed by atoms with van der Waals surface area (Å²) in [5, 5.41) is 10.8. The molecule has 1 aromatic rings. The molecular weight excluding hydrogens is 255 g/mol. The third-order valence-corrected chi connectivity index (χ3v) is 3.39. The van der Waals surface area contributed by atoms with Gasteiger partial charge in [-0.3, -0.25) is 0 Å². The standard InChI is InChI=1S/C15H23O.Co/c1-10-8-11(14(2,3)4)9-12(13(10)16)15(5,6)7;/h8-9,16H,1H2,2-7H3;. The van der Waals surface area contributed by atoms with E-state index in [-0.39, 0.29) is 10.8 Å². The van der Waals surface area contributed by atoms with Crippen LogP contribution in [-0.2, 0) is 31.9 Å². The normalized spacial score (nSPS) is 12.9. The molecule has 0 aliphatic heterocycles. The van der Waals surface area contributed by atoms with Crippen LogP contribution in [0.4, 0.5) is 0 Å². The third-order valence-electron chi connectivity index (χ3n) is 2.99. The molecule has 17 heavy (non-hydrogen) atoms. The predicted molar refractivity (Wildman–Crippen MR) is 69.2 cm³/mol. The quantitative estimate of drug-likeness (QED) is 0.822. The number of phenols is 1. The molecule has 1 rings (SSSR count). The number of aromatic hydroxyl groups is 1. The molecule has 1 nitrogen and oxygen atoms in total. The van der Waals surface area contributed by atoms with Gasteiger partial charge in [-0.25, -0.2) is 0 Å². The van der Waals surface area contributed by atoms with Crippen LogP contribution >= 0.6 is 0 Å². The fourth-order valence-electron chi connectivity index (χ4n) is 1.79. The molecule has 2 heteroatoms. The molecule has 0 spiro atoms. The summed E-state index contributed by atoms with van der Waals surface area (Å²) < 4.78 is 0. The van der Waals surface area contributed by atoms with Gasteiger partial charge in [0.25, 0.3) is 0 Å². The van der Waals surface area contributed by atoms with Gasteiger partial charge in [-0.1, -0.05) is 0 Å². The molecule has 0 amide bonds. The minimum absolute atomic E-state index is 0.0533. The predicted octanol–water partition coefficient (Wildman–Crippen LogP) is 4.03. The molecule has 0 fully saturated rings. The molecule has 0 radical (unpaired) electrons. The van der Waals surface area contributed by atoms with Gasteiger partial charge in [0.05, 0.1) is 0 Å². The van der Waals surface area contributed by atoms with E-state index in [9.17, 15) is 5.11 Å². The van der Waals surface area contributed by atoms with Crippen molar-refractivity contribution in [3.05, 3.63) is 28.8 Å². The third kappa shape index (κ3) is 3.26. The van der Waals surface area contributed by atoms with Gasteiger partial charge in [-0.2, -0.15) is 0 Å². The van der Waals surface area contributed by atoms with Crippen LogP contribution in [0.25, 0.3) is 0 Å². The van der Waals surface area contributed by atoms with Crippen LogP contribution in [0.15, 0.2) is 12.1 Å². The van der Waals surface area contributed by atoms with Crippen LogP contribution in [0.1, 0.15) is 58.2 Å². The summed E-state index contributed by atoms with van der Waals surface area (Å²) in [6.45, 7) is 12.9. The summed E-state index contributed by atoms with van der Waals surface area (Å²) >= 11 is 4.36. The number of phenolic OH excluding ortho intramolecular Hbond substituents is 1. The monoisotopic (exact) mass is 278 g/mol. The summed E-state index contributed by atoms with van der Waals surface area (Å²) in [6, 6.07) is 4.19. The van der Waals surface area contributed by atoms with E-state index in [1.807, 2.05) is 0 Å². The van der Waals surface area contributed by atoms with Crippen molar-refractivity contribution in [3.63, 3.8) is 0 Å². The average Bonchev–Trinajstić information content (AvgIpc) is 2.14. The molecule has 0 unspecified atom stereocenters. The van der Waals surface area contributed by atoms with Crippen molar-refractivity contribution in [3.8, 4) is 5.75 Å². The van der Waals surface area contributed by atoms with E-state index in [0.29, 0.717) is 11.1 Å². The van der Waals surface area contributed by atoms with E-state index >= 15 is 0 Å². The Hall–Kier alpha value is -0.474. The first-order valence-corrected chi connectivity index (χ1v) is 6.70. The SMILES string of the molecule is CC(C)(C)c1cc([CH2][Co])c(O)c(C(C)(C)C)c1. The Kier molecular flexibility index (Phi) is 4.00. The van der Waals surface area contributed by atoms with Gasteiger partial charge in [0.2, 0.25) is 0 Å². The summed E-state index contributed by atoms with van der Waals surface area (Å²) in [7, 11) is 0. The zero-order valence-electron chi connectivity index (χ0n) is 11.6. The van der Waals surface area contributed by atoms with Crippen molar-refractivity contribution in [2.24, 2.45) is 0 Å². The first kappa shape index (κ1) is 14.6. The zero-order valence-corrected chi connectivity index (χ0v) is 12.7. The van der Waals surface area contributed by atoms with Crippen LogP contribution in [0.5, 0.6) is 5.75 Å². The summed E-state index contributed by atoms with van der Waals surface area (Å²) in [4.78, 5) is 0. The summed E-state index contributed by atoms with van der Waals surface area (Å²) in [6.07, 6.45) is 0. The molecule has 0 aliphatic rings. The fraction of sp³-hybridized carbons (Fsp3) is 0.600. The van der Waals surface area contributed by atoms with Gasteiger partial charge in [0.1, 0.15) is 0 Å². The van der Waals surface area contributed by atoms with Crippen LogP contribution in [-0.4, -0.2) is 5.11 Å². The molecule has 1 N–H and O–H groups in total. The molecule has 0 bridgehead atoms. The number of benzene rings is 1. The van der Waals surface area contributed by atoms with Crippen molar-refractivity contribution < 1.29 is 20.8 Å². The Morgan fingerprint density at radius 2 is 1.53 bits per heavy atom. The van der Waals surface area contributed by atoms with E-state index in [2.05, 4.69) is 69.4 Å². The van der Waals surface area contributed by atoms with Crippen molar-refractivity contribution in [2.45, 2.75) is 57.7 Å². The van der Waals surface area contributed by atoms with Gasteiger partial charge in [0.15, 0.2) is 0 Å². The Morgan fingerprint density at radius 1 is 1.00 bits per heavy atom. The van der Waals surface area contributed by atoms with Crippen LogP contribution in [0.3, 0.4) is 0 Å². The molecule has 0 heterocycles. The summed E-state index contributed by atoms with van der Waals surface area (Å²) in [5.41, 5.74) is 3.21. The molecule has 0 aliphatic carbocycles. The van der Waals surface area contributed by atoms with Gasteiger partial charge in [-0.05, 0) is 0 Å². The Bertz CT molecular complexity index is 408. The van der Waals surface area contributed by atoms with E-state index < -0.39 is 0 Å². The van der Waals surface area contributed by atoms with Crippen molar-refractivity contribution in [2.75, 3.05) is 0 Å². The maximum absolute atomic E-state index is 10.3. The van der Waals surface area contributed by atoms with E-state index in [4.69, 9.17) is 0 Å². The van der Waals surface area contributed by atoms with Gasteiger partial charge in [-0.15, -0.1) is 0 Å². The Morgan fingerprint density at radius 3 is 1.88 bits per heavy atom. The fourth-order valence-corrected chi connectivity index (χ4v) is 2.07. The maximum atomic E-state index is 10.3. The molecule has 0 aromatic heterocycles. The molecule has 1 aromatic carbocycles. The van der Waals surface area contributed by atoms with E-state index in [0.717, 1.165) is 11.1 Å². The first-order chi connectivity index (χ1) is 7.57. The van der Waals surface area contributed by atoms with Crippen molar-refractivity contribution in [1.82, 2.24) is 0 Å². The van der Waals surface area contributed by atoms with Crippen molar-refractivity contribution in [1.29, 1.82) is 0 Å². The van der Waals surface area contributed by atoms with Gasteiger partial charge in [0, 0.05) is 0 Å². The number of hydrogen-bond acceptors (Lipinski definition) is 1. The second-order valence-electron chi connectivity index (χ2n) is 6.65. The summed E-state index contributed by atoms with van der Waals surface area (Å²) in [5.74, 6) is 0.402. The zero-order chi connectivity index (χ0) is 13.4. The second-order valence-corrected chi connectivity index (χ2v) is 7.02. The van der Waals surface area contributed by atoms with Crippen LogP contribution in [0, 0.1) is 0 Å². The first-order valence-electron chi connectivity index (χ1n) is 5.97. The minimum atomic E-state index is -0.0533. The van der Waals surface area contributed by atoms with Crippen LogP contribution in [0.2, 0.25) is 0 Å². The molecule has 98 valence electrons. The number of rotatable bonds is 1. The van der Waals surface area contributed by atoms with Gasteiger partial charge < -0.3 is 0 Å². The molecule has 0 saturated heterocycles. The Labute approximate surface area is 113 Å². The molecular formula is C15H23CoO. The Balaban J connectivity index is 3.50. The van der Waals surface area contributed by atoms with Gasteiger partial charge >= 0.3 is 113 Å². The molecule has 0 atom stereocenters.